The van der Waals surface area contributed by atoms with Crippen LogP contribution in [0.5, 0.6) is 5.75 Å². The Labute approximate surface area is 181 Å². The van der Waals surface area contributed by atoms with E-state index in [2.05, 4.69) is 15.5 Å². The van der Waals surface area contributed by atoms with Crippen molar-refractivity contribution in [3.05, 3.63) is 105 Å². The number of aromatic amines is 1. The van der Waals surface area contributed by atoms with Gasteiger partial charge in [-0.15, -0.1) is 0 Å². The second kappa shape index (κ2) is 8.52. The van der Waals surface area contributed by atoms with E-state index in [1.54, 1.807) is 42.5 Å². The lowest BCUT2D eigenvalue weighted by Gasteiger charge is -2.14. The van der Waals surface area contributed by atoms with Crippen molar-refractivity contribution in [1.29, 1.82) is 0 Å². The molecule has 158 valence electrons. The van der Waals surface area contributed by atoms with E-state index in [1.807, 2.05) is 18.2 Å². The van der Waals surface area contributed by atoms with Crippen LogP contribution in [-0.2, 0) is 0 Å². The van der Waals surface area contributed by atoms with Crippen molar-refractivity contribution < 1.29 is 14.8 Å². The molecule has 0 atom stereocenters. The van der Waals surface area contributed by atoms with Gasteiger partial charge in [-0.05, 0) is 11.6 Å². The van der Waals surface area contributed by atoms with E-state index in [4.69, 9.17) is 0 Å². The number of carbonyl (C=O) groups excluding carboxylic acids is 1. The van der Waals surface area contributed by atoms with Gasteiger partial charge < -0.3 is 10.4 Å². The number of aromatic nitrogens is 2. The number of phenolic OH excluding ortho intramolecular Hbond substituents is 1. The summed E-state index contributed by atoms with van der Waals surface area (Å²) in [7, 11) is 0. The summed E-state index contributed by atoms with van der Waals surface area (Å²) in [5.41, 5.74) is 0.674. The summed E-state index contributed by atoms with van der Waals surface area (Å²) in [5, 5.41) is 30.0. The van der Waals surface area contributed by atoms with Gasteiger partial charge in [0.2, 0.25) is 0 Å². The highest BCUT2D eigenvalue weighted by molar-refractivity contribution is 6.10. The Bertz CT molecular complexity index is 1370. The predicted molar refractivity (Wildman–Crippen MR) is 118 cm³/mol. The minimum absolute atomic E-state index is 0.0721. The number of hydrogen-bond acceptors (Lipinski definition) is 6. The van der Waals surface area contributed by atoms with Gasteiger partial charge in [0.05, 0.1) is 22.4 Å². The molecule has 9 nitrogen and oxygen atoms in total. The fourth-order valence-corrected chi connectivity index (χ4v) is 3.28. The summed E-state index contributed by atoms with van der Waals surface area (Å²) in [6.45, 7) is 0. The molecule has 0 saturated heterocycles. The fourth-order valence-electron chi connectivity index (χ4n) is 3.28. The lowest BCUT2D eigenvalue weighted by molar-refractivity contribution is -0.384. The van der Waals surface area contributed by atoms with Crippen LogP contribution < -0.4 is 10.9 Å². The lowest BCUT2D eigenvalue weighted by Crippen LogP contribution is -2.26. The third-order valence-corrected chi connectivity index (χ3v) is 4.76. The number of aromatic hydroxyl groups is 1. The van der Waals surface area contributed by atoms with Gasteiger partial charge in [0.15, 0.2) is 0 Å². The van der Waals surface area contributed by atoms with E-state index in [-0.39, 0.29) is 16.9 Å². The fraction of sp³-hybridized carbons (Fsp3) is 0. The van der Waals surface area contributed by atoms with Gasteiger partial charge in [-0.1, -0.05) is 60.7 Å². The second-order valence-electron chi connectivity index (χ2n) is 6.80. The Morgan fingerprint density at radius 1 is 0.969 bits per heavy atom. The minimum Gasteiger partial charge on any atom is -0.506 e. The number of nitrogens with zero attached hydrogens (tertiary/aromatic N) is 2. The Balaban J connectivity index is 1.86. The number of nitro groups is 1. The van der Waals surface area contributed by atoms with Crippen molar-refractivity contribution >= 4 is 17.3 Å². The van der Waals surface area contributed by atoms with Crippen LogP contribution in [0.1, 0.15) is 10.4 Å². The normalized spacial score (nSPS) is 10.5. The van der Waals surface area contributed by atoms with Crippen LogP contribution in [0.4, 0.5) is 11.4 Å². The Morgan fingerprint density at radius 2 is 1.59 bits per heavy atom. The molecular weight excluding hydrogens is 412 g/mol. The number of hydrogen-bond donors (Lipinski definition) is 3. The number of amides is 1. The molecule has 0 bridgehead atoms. The zero-order valence-corrected chi connectivity index (χ0v) is 16.5. The molecule has 0 fully saturated rings. The van der Waals surface area contributed by atoms with E-state index < -0.39 is 22.1 Å². The molecule has 3 aromatic carbocycles. The van der Waals surface area contributed by atoms with Crippen molar-refractivity contribution in [2.75, 3.05) is 5.32 Å². The maximum absolute atomic E-state index is 13.2. The summed E-state index contributed by atoms with van der Waals surface area (Å²) in [6, 6.07) is 21.2. The molecule has 0 unspecified atom stereocenters. The molecule has 1 heterocycles. The Morgan fingerprint density at radius 3 is 2.19 bits per heavy atom. The number of H-pyrrole nitrogens is 1. The van der Waals surface area contributed by atoms with Crippen molar-refractivity contribution in [2.24, 2.45) is 0 Å². The average molecular weight is 428 g/mol. The molecule has 1 amide bonds. The van der Waals surface area contributed by atoms with Crippen LogP contribution in [-0.4, -0.2) is 26.1 Å². The first-order valence-electron chi connectivity index (χ1n) is 9.48. The molecule has 32 heavy (non-hydrogen) atoms. The quantitative estimate of drug-likeness (QED) is 0.250. The maximum Gasteiger partial charge on any atom is 0.277 e. The number of nitrogens with one attached hydrogen (secondary N) is 2. The maximum atomic E-state index is 13.2. The molecule has 4 rings (SSSR count). The Kier molecular flexibility index (Phi) is 5.45. The van der Waals surface area contributed by atoms with Gasteiger partial charge in [-0.2, -0.15) is 5.10 Å². The van der Waals surface area contributed by atoms with Gasteiger partial charge in [-0.3, -0.25) is 19.7 Å². The monoisotopic (exact) mass is 428 g/mol. The van der Waals surface area contributed by atoms with E-state index in [0.29, 0.717) is 22.4 Å². The third kappa shape index (κ3) is 3.94. The van der Waals surface area contributed by atoms with Gasteiger partial charge in [0, 0.05) is 17.2 Å². The summed E-state index contributed by atoms with van der Waals surface area (Å²) in [5.74, 6) is -1.29. The summed E-state index contributed by atoms with van der Waals surface area (Å²) in [4.78, 5) is 36.1. The molecule has 0 spiro atoms. The van der Waals surface area contributed by atoms with E-state index >= 15 is 0 Å². The van der Waals surface area contributed by atoms with E-state index in [1.165, 1.54) is 6.07 Å². The average Bonchev–Trinajstić information content (AvgIpc) is 2.81. The summed E-state index contributed by atoms with van der Waals surface area (Å²) < 4.78 is 0. The predicted octanol–water partition coefficient (Wildman–Crippen LogP) is 3.97. The number of carbonyl (C=O) groups is 1. The van der Waals surface area contributed by atoms with E-state index in [0.717, 1.165) is 12.1 Å². The highest BCUT2D eigenvalue weighted by atomic mass is 16.6. The lowest BCUT2D eigenvalue weighted by atomic mass is 9.95. The topological polar surface area (TPSA) is 138 Å². The summed E-state index contributed by atoms with van der Waals surface area (Å²) >= 11 is 0. The number of phenols is 1. The smallest absolute Gasteiger partial charge is 0.277 e. The molecule has 0 aliphatic heterocycles. The molecule has 0 radical (unpaired) electrons. The van der Waals surface area contributed by atoms with Crippen molar-refractivity contribution in [1.82, 2.24) is 10.2 Å². The molecule has 9 heteroatoms. The standard InChI is InChI=1S/C23H16N4O5/c28-18-13-16(27(31)32)11-12-17(18)24-22(29)20-19(14-7-3-1-4-8-14)21(25-26-23(20)30)15-9-5-2-6-10-15/h1-13,28H,(H,24,29)(H,26,30). The van der Waals surface area contributed by atoms with Gasteiger partial charge in [0.1, 0.15) is 11.3 Å². The first-order chi connectivity index (χ1) is 15.5. The van der Waals surface area contributed by atoms with Crippen LogP contribution in [0.2, 0.25) is 0 Å². The number of rotatable bonds is 5. The highest BCUT2D eigenvalue weighted by Crippen LogP contribution is 2.33. The molecular formula is C23H16N4O5. The highest BCUT2D eigenvalue weighted by Gasteiger charge is 2.24. The second-order valence-corrected chi connectivity index (χ2v) is 6.80. The number of non-ortho nitro benzene ring substituents is 1. The van der Waals surface area contributed by atoms with Crippen LogP contribution >= 0.6 is 0 Å². The van der Waals surface area contributed by atoms with Crippen molar-refractivity contribution in [3.63, 3.8) is 0 Å². The molecule has 0 saturated carbocycles. The zero-order valence-electron chi connectivity index (χ0n) is 16.5. The first-order valence-corrected chi connectivity index (χ1v) is 9.48. The summed E-state index contributed by atoms with van der Waals surface area (Å²) in [6.07, 6.45) is 0. The molecule has 3 N–H and O–H groups in total. The third-order valence-electron chi connectivity index (χ3n) is 4.76. The number of benzene rings is 3. The largest absolute Gasteiger partial charge is 0.506 e. The van der Waals surface area contributed by atoms with Crippen molar-refractivity contribution in [3.8, 4) is 28.1 Å². The van der Waals surface area contributed by atoms with Crippen LogP contribution in [0, 0.1) is 10.1 Å². The minimum atomic E-state index is -0.797. The van der Waals surface area contributed by atoms with E-state index in [9.17, 15) is 24.8 Å². The van der Waals surface area contributed by atoms with Gasteiger partial charge >= 0.3 is 0 Å². The van der Waals surface area contributed by atoms with Crippen LogP contribution in [0.15, 0.2) is 83.7 Å². The van der Waals surface area contributed by atoms with Crippen molar-refractivity contribution in [2.45, 2.75) is 0 Å². The van der Waals surface area contributed by atoms with Crippen LogP contribution in [0.25, 0.3) is 22.4 Å². The molecule has 1 aromatic heterocycles. The van der Waals surface area contributed by atoms with Gasteiger partial charge in [-0.25, -0.2) is 5.10 Å². The number of nitro benzene ring substituents is 1. The number of anilines is 1. The molecule has 0 aliphatic rings. The SMILES string of the molecule is O=C(Nc1ccc([N+](=O)[O-])cc1O)c1c(-c2ccccc2)c(-c2ccccc2)n[nH]c1=O. The first kappa shape index (κ1) is 20.5. The van der Waals surface area contributed by atoms with Gasteiger partial charge in [0.25, 0.3) is 17.2 Å². The molecule has 4 aromatic rings. The van der Waals surface area contributed by atoms with Crippen LogP contribution in [0.3, 0.4) is 0 Å². The zero-order chi connectivity index (χ0) is 22.7. The molecule has 0 aliphatic carbocycles. The Hall–Kier alpha value is -4.79.